The van der Waals surface area contributed by atoms with Crippen molar-refractivity contribution in [3.63, 3.8) is 0 Å². The molecule has 0 atom stereocenters. The van der Waals surface area contributed by atoms with Gasteiger partial charge in [-0.05, 0) is 24.3 Å². The van der Waals surface area contributed by atoms with E-state index in [0.717, 1.165) is 5.82 Å². The van der Waals surface area contributed by atoms with Crippen LogP contribution in [-0.4, -0.2) is 41.6 Å². The number of benzene rings is 1. The van der Waals surface area contributed by atoms with Gasteiger partial charge in [-0.25, -0.2) is 9.37 Å². The first-order valence-electron chi connectivity index (χ1n) is 6.89. The molecule has 0 radical (unpaired) electrons. The van der Waals surface area contributed by atoms with Crippen molar-refractivity contribution in [2.75, 3.05) is 24.6 Å². The van der Waals surface area contributed by atoms with E-state index < -0.39 is 0 Å². The molecule has 1 aliphatic heterocycles. The minimum absolute atomic E-state index is 0.0753. The Labute approximate surface area is 126 Å². The van der Waals surface area contributed by atoms with Gasteiger partial charge in [0.25, 0.3) is 5.91 Å². The first-order valence-corrected chi connectivity index (χ1v) is 6.89. The molecule has 2 aromatic rings. The fourth-order valence-electron chi connectivity index (χ4n) is 2.16. The second-order valence-corrected chi connectivity index (χ2v) is 4.98. The van der Waals surface area contributed by atoms with Crippen LogP contribution < -0.4 is 15.0 Å². The molecule has 0 spiro atoms. The monoisotopic (exact) mass is 302 g/mol. The molecule has 1 aromatic heterocycles. The van der Waals surface area contributed by atoms with Gasteiger partial charge in [-0.3, -0.25) is 9.78 Å². The van der Waals surface area contributed by atoms with Crippen molar-refractivity contribution >= 4 is 11.7 Å². The molecular formula is C15H15FN4O2. The number of amides is 1. The maximum Gasteiger partial charge on any atom is 0.258 e. The number of ether oxygens (including phenoxy) is 1. The van der Waals surface area contributed by atoms with Crippen molar-refractivity contribution in [2.45, 2.75) is 6.04 Å². The number of anilines is 1. The standard InChI is InChI=1S/C15H15FN4O2/c16-11-1-3-13(4-2-11)22-10-15(21)19-12-8-20(9-12)14-7-17-5-6-18-14/h1-7,12H,8-10H2,(H,19,21). The molecule has 2 heterocycles. The summed E-state index contributed by atoms with van der Waals surface area (Å²) in [5.74, 6) is 0.727. The van der Waals surface area contributed by atoms with Crippen molar-refractivity contribution in [1.29, 1.82) is 0 Å². The summed E-state index contributed by atoms with van der Waals surface area (Å²) >= 11 is 0. The Morgan fingerprint density at radius 2 is 2.09 bits per heavy atom. The van der Waals surface area contributed by atoms with Gasteiger partial charge in [0.1, 0.15) is 17.4 Å². The highest BCUT2D eigenvalue weighted by molar-refractivity contribution is 5.78. The molecule has 1 amide bonds. The zero-order valence-electron chi connectivity index (χ0n) is 11.8. The van der Waals surface area contributed by atoms with E-state index in [4.69, 9.17) is 4.74 Å². The van der Waals surface area contributed by atoms with Crippen LogP contribution in [-0.2, 0) is 4.79 Å². The average molecular weight is 302 g/mol. The number of nitrogens with zero attached hydrogens (tertiary/aromatic N) is 3. The van der Waals surface area contributed by atoms with Crippen molar-refractivity contribution in [3.05, 3.63) is 48.7 Å². The van der Waals surface area contributed by atoms with Gasteiger partial charge in [0.05, 0.1) is 12.2 Å². The average Bonchev–Trinajstić information content (AvgIpc) is 2.51. The summed E-state index contributed by atoms with van der Waals surface area (Å²) in [6.45, 7) is 1.30. The van der Waals surface area contributed by atoms with Crippen LogP contribution in [0.2, 0.25) is 0 Å². The summed E-state index contributed by atoms with van der Waals surface area (Å²) in [6.07, 6.45) is 4.95. The van der Waals surface area contributed by atoms with Gasteiger partial charge in [0, 0.05) is 25.5 Å². The van der Waals surface area contributed by atoms with Gasteiger partial charge in [-0.2, -0.15) is 0 Å². The van der Waals surface area contributed by atoms with Gasteiger partial charge in [-0.15, -0.1) is 0 Å². The Morgan fingerprint density at radius 1 is 1.32 bits per heavy atom. The van der Waals surface area contributed by atoms with Crippen LogP contribution >= 0.6 is 0 Å². The maximum absolute atomic E-state index is 12.7. The minimum atomic E-state index is -0.338. The van der Waals surface area contributed by atoms with Gasteiger partial charge in [0.15, 0.2) is 6.61 Å². The number of halogens is 1. The highest BCUT2D eigenvalue weighted by Gasteiger charge is 2.29. The third kappa shape index (κ3) is 3.49. The molecular weight excluding hydrogens is 287 g/mol. The zero-order valence-corrected chi connectivity index (χ0v) is 11.8. The van der Waals surface area contributed by atoms with Crippen LogP contribution in [0.1, 0.15) is 0 Å². The predicted octanol–water partition coefficient (Wildman–Crippen LogP) is 0.999. The number of aromatic nitrogens is 2. The quantitative estimate of drug-likeness (QED) is 0.892. The largest absolute Gasteiger partial charge is 0.484 e. The van der Waals surface area contributed by atoms with Crippen LogP contribution in [0.3, 0.4) is 0 Å². The van der Waals surface area contributed by atoms with Crippen LogP contribution in [0.15, 0.2) is 42.9 Å². The van der Waals surface area contributed by atoms with Gasteiger partial charge >= 0.3 is 0 Å². The Hall–Kier alpha value is -2.70. The number of nitrogens with one attached hydrogen (secondary N) is 1. The summed E-state index contributed by atoms with van der Waals surface area (Å²) in [5.41, 5.74) is 0. The second-order valence-electron chi connectivity index (χ2n) is 4.98. The smallest absolute Gasteiger partial charge is 0.258 e. The molecule has 22 heavy (non-hydrogen) atoms. The summed E-state index contributed by atoms with van der Waals surface area (Å²) < 4.78 is 18.0. The lowest BCUT2D eigenvalue weighted by Gasteiger charge is -2.40. The number of carbonyl (C=O) groups is 1. The summed E-state index contributed by atoms with van der Waals surface area (Å²) in [5, 5.41) is 2.87. The first kappa shape index (κ1) is 14.2. The molecule has 3 rings (SSSR count). The molecule has 6 nitrogen and oxygen atoms in total. The number of rotatable bonds is 5. The van der Waals surface area contributed by atoms with Crippen LogP contribution in [0.5, 0.6) is 5.75 Å². The van der Waals surface area contributed by atoms with Crippen molar-refractivity contribution in [3.8, 4) is 5.75 Å². The van der Waals surface area contributed by atoms with Crippen molar-refractivity contribution in [2.24, 2.45) is 0 Å². The van der Waals surface area contributed by atoms with Crippen molar-refractivity contribution < 1.29 is 13.9 Å². The fourth-order valence-corrected chi connectivity index (χ4v) is 2.16. The molecule has 1 aliphatic rings. The molecule has 1 aromatic carbocycles. The molecule has 1 N–H and O–H groups in total. The number of hydrogen-bond acceptors (Lipinski definition) is 5. The summed E-state index contributed by atoms with van der Waals surface area (Å²) in [7, 11) is 0. The topological polar surface area (TPSA) is 67.3 Å². The van der Waals surface area contributed by atoms with Gasteiger partial charge < -0.3 is 15.0 Å². The molecule has 1 fully saturated rings. The van der Waals surface area contributed by atoms with E-state index in [1.165, 1.54) is 24.3 Å². The predicted molar refractivity (Wildman–Crippen MR) is 78.1 cm³/mol. The molecule has 0 aliphatic carbocycles. The lowest BCUT2D eigenvalue weighted by atomic mass is 10.1. The molecule has 0 bridgehead atoms. The molecule has 7 heteroatoms. The molecule has 114 valence electrons. The molecule has 1 saturated heterocycles. The van der Waals surface area contributed by atoms with E-state index in [2.05, 4.69) is 15.3 Å². The van der Waals surface area contributed by atoms with E-state index in [9.17, 15) is 9.18 Å². The Bertz CT molecular complexity index is 630. The third-order valence-corrected chi connectivity index (χ3v) is 3.30. The van der Waals surface area contributed by atoms with E-state index in [-0.39, 0.29) is 24.4 Å². The minimum Gasteiger partial charge on any atom is -0.484 e. The highest BCUT2D eigenvalue weighted by atomic mass is 19.1. The van der Waals surface area contributed by atoms with E-state index in [0.29, 0.717) is 18.8 Å². The van der Waals surface area contributed by atoms with Gasteiger partial charge in [-0.1, -0.05) is 0 Å². The third-order valence-electron chi connectivity index (χ3n) is 3.30. The molecule has 0 saturated carbocycles. The van der Waals surface area contributed by atoms with Crippen molar-refractivity contribution in [1.82, 2.24) is 15.3 Å². The summed E-state index contributed by atoms with van der Waals surface area (Å²) in [6, 6.07) is 5.63. The van der Waals surface area contributed by atoms with Crippen LogP contribution in [0.25, 0.3) is 0 Å². The molecule has 0 unspecified atom stereocenters. The number of carbonyl (C=O) groups excluding carboxylic acids is 1. The Kier molecular flexibility index (Phi) is 4.13. The zero-order chi connectivity index (χ0) is 15.4. The number of hydrogen-bond donors (Lipinski definition) is 1. The van der Waals surface area contributed by atoms with E-state index in [1.807, 2.05) is 4.90 Å². The van der Waals surface area contributed by atoms with Crippen LogP contribution in [0, 0.1) is 5.82 Å². The Balaban J connectivity index is 1.39. The van der Waals surface area contributed by atoms with E-state index in [1.54, 1.807) is 18.6 Å². The first-order chi connectivity index (χ1) is 10.7. The highest BCUT2D eigenvalue weighted by Crippen LogP contribution is 2.16. The fraction of sp³-hybridized carbons (Fsp3) is 0.267. The second kappa shape index (κ2) is 6.38. The SMILES string of the molecule is O=C(COc1ccc(F)cc1)NC1CN(c2cnccn2)C1. The lowest BCUT2D eigenvalue weighted by molar-refractivity contribution is -0.123. The van der Waals surface area contributed by atoms with Gasteiger partial charge in [0.2, 0.25) is 0 Å². The summed E-state index contributed by atoms with van der Waals surface area (Å²) in [4.78, 5) is 22.0. The maximum atomic E-state index is 12.7. The van der Waals surface area contributed by atoms with Crippen LogP contribution in [0.4, 0.5) is 10.2 Å². The Morgan fingerprint density at radius 3 is 2.77 bits per heavy atom. The van der Waals surface area contributed by atoms with E-state index >= 15 is 0 Å². The normalized spacial score (nSPS) is 14.3. The lowest BCUT2D eigenvalue weighted by Crippen LogP contribution is -2.60.